The van der Waals surface area contributed by atoms with E-state index in [1.807, 2.05) is 12.1 Å². The van der Waals surface area contributed by atoms with E-state index < -0.39 is 10.8 Å². The van der Waals surface area contributed by atoms with Crippen LogP contribution in [0.4, 0.5) is 0 Å². The molecule has 0 radical (unpaired) electrons. The fraction of sp³-hybridized carbons (Fsp3) is 0.231. The predicted molar refractivity (Wildman–Crippen MR) is 76.1 cm³/mol. The van der Waals surface area contributed by atoms with E-state index in [9.17, 15) is 21.0 Å². The van der Waals surface area contributed by atoms with E-state index in [1.54, 1.807) is 0 Å². The summed E-state index contributed by atoms with van der Waals surface area (Å²) in [6.45, 7) is 0. The average molecular weight is 334 g/mol. The van der Waals surface area contributed by atoms with Gasteiger partial charge in [0.05, 0.1) is 58.0 Å². The van der Waals surface area contributed by atoms with Crippen LogP contribution in [0.3, 0.4) is 0 Å². The molecule has 0 aliphatic heterocycles. The third kappa shape index (κ3) is 1.31. The topological polar surface area (TPSA) is 147 Å². The number of hydrogen-bond donors (Lipinski definition) is 0. The fourth-order valence-corrected chi connectivity index (χ4v) is 4.33. The van der Waals surface area contributed by atoms with E-state index in [2.05, 4.69) is 29.6 Å². The summed E-state index contributed by atoms with van der Waals surface area (Å²) in [7, 11) is 0. The molecule has 106 valence electrons. The molecule has 2 aromatic rings. The summed E-state index contributed by atoms with van der Waals surface area (Å²) in [4.78, 5) is 0. The van der Waals surface area contributed by atoms with Crippen molar-refractivity contribution in [2.45, 2.75) is 11.8 Å². The Kier molecular flexibility index (Phi) is 2.45. The first-order valence-corrected chi connectivity index (χ1v) is 7.69. The first kappa shape index (κ1) is 13.5. The number of allylic oxidation sites excluding steroid dienone is 1. The van der Waals surface area contributed by atoms with Gasteiger partial charge in [-0.15, -0.1) is 0 Å². The maximum Gasteiger partial charge on any atom is 0.162 e. The Morgan fingerprint density at radius 1 is 0.870 bits per heavy atom. The molecular formula is C13H2N8S2. The largest absolute Gasteiger partial charge is 0.197 e. The molecule has 1 fully saturated rings. The Balaban J connectivity index is 2.13. The summed E-state index contributed by atoms with van der Waals surface area (Å²) < 4.78 is 16.9. The number of fused-ring (bicyclic) bond motifs is 4. The van der Waals surface area contributed by atoms with Crippen LogP contribution in [0.25, 0.3) is 5.57 Å². The van der Waals surface area contributed by atoms with E-state index in [0.29, 0.717) is 22.8 Å². The molecule has 8 nitrogen and oxygen atoms in total. The lowest BCUT2D eigenvalue weighted by molar-refractivity contribution is 0.665. The zero-order chi connectivity index (χ0) is 16.2. The van der Waals surface area contributed by atoms with Crippen molar-refractivity contribution in [3.63, 3.8) is 0 Å². The van der Waals surface area contributed by atoms with Crippen molar-refractivity contribution in [1.82, 2.24) is 17.5 Å². The van der Waals surface area contributed by atoms with Crippen LogP contribution in [0.2, 0.25) is 0 Å². The average Bonchev–Trinajstić information content (AvgIpc) is 2.96. The van der Waals surface area contributed by atoms with Gasteiger partial charge in [0.15, 0.2) is 5.41 Å². The van der Waals surface area contributed by atoms with Crippen molar-refractivity contribution in [3.8, 4) is 24.3 Å². The van der Waals surface area contributed by atoms with Crippen molar-refractivity contribution in [1.29, 1.82) is 21.0 Å². The second kappa shape index (κ2) is 4.18. The minimum Gasteiger partial charge on any atom is -0.197 e. The van der Waals surface area contributed by atoms with Gasteiger partial charge in [0, 0.05) is 6.42 Å². The molecule has 0 N–H and O–H groups in total. The van der Waals surface area contributed by atoms with Crippen LogP contribution in [0.1, 0.15) is 29.2 Å². The van der Waals surface area contributed by atoms with Gasteiger partial charge in [-0.1, -0.05) is 0 Å². The molecule has 2 aromatic heterocycles. The second-order valence-corrected chi connectivity index (χ2v) is 6.16. The van der Waals surface area contributed by atoms with Crippen molar-refractivity contribution in [3.05, 3.63) is 28.3 Å². The lowest BCUT2D eigenvalue weighted by Gasteiger charge is -2.21. The number of hydrogen-bond acceptors (Lipinski definition) is 10. The summed E-state index contributed by atoms with van der Waals surface area (Å²) in [5.41, 5.74) is -0.533. The van der Waals surface area contributed by atoms with E-state index in [-0.39, 0.29) is 17.6 Å². The first-order chi connectivity index (χ1) is 11.2. The Morgan fingerprint density at radius 2 is 1.39 bits per heavy atom. The van der Waals surface area contributed by atoms with Crippen molar-refractivity contribution in [2.24, 2.45) is 5.41 Å². The molecule has 0 atom stereocenters. The number of nitrogens with zero attached hydrogens (tertiary/aromatic N) is 8. The Bertz CT molecular complexity index is 987. The van der Waals surface area contributed by atoms with Gasteiger partial charge < -0.3 is 0 Å². The lowest BCUT2D eigenvalue weighted by atomic mass is 9.78. The molecular weight excluding hydrogens is 332 g/mol. The molecule has 23 heavy (non-hydrogen) atoms. The number of nitriles is 4. The smallest absolute Gasteiger partial charge is 0.162 e. The second-order valence-electron chi connectivity index (χ2n) is 5.11. The third-order valence-corrected chi connectivity index (χ3v) is 5.31. The molecule has 0 amide bonds. The van der Waals surface area contributed by atoms with Crippen molar-refractivity contribution in [2.75, 3.05) is 0 Å². The maximum absolute atomic E-state index is 9.49. The first-order valence-electron chi connectivity index (χ1n) is 6.23. The summed E-state index contributed by atoms with van der Waals surface area (Å²) >= 11 is 1.82. The number of aromatic nitrogens is 4. The number of rotatable bonds is 0. The highest BCUT2D eigenvalue weighted by atomic mass is 32.1. The quantitative estimate of drug-likeness (QED) is 0.654. The van der Waals surface area contributed by atoms with E-state index >= 15 is 0 Å². The Morgan fingerprint density at radius 3 is 1.78 bits per heavy atom. The van der Waals surface area contributed by atoms with E-state index in [0.717, 1.165) is 23.5 Å². The molecule has 2 aliphatic rings. The summed E-state index contributed by atoms with van der Waals surface area (Å²) in [5, 5.41) is 37.4. The highest BCUT2D eigenvalue weighted by Gasteiger charge is 2.76. The van der Waals surface area contributed by atoms with Gasteiger partial charge in [0.1, 0.15) is 29.1 Å². The molecule has 4 rings (SSSR count). The van der Waals surface area contributed by atoms with Gasteiger partial charge >= 0.3 is 0 Å². The van der Waals surface area contributed by atoms with Gasteiger partial charge in [-0.2, -0.15) is 38.5 Å². The van der Waals surface area contributed by atoms with Gasteiger partial charge in [-0.05, 0) is 0 Å². The van der Waals surface area contributed by atoms with Crippen LogP contribution in [-0.2, 0) is 5.41 Å². The highest BCUT2D eigenvalue weighted by molar-refractivity contribution is 6.99. The molecule has 0 unspecified atom stereocenters. The maximum atomic E-state index is 9.49. The van der Waals surface area contributed by atoms with Crippen LogP contribution in [0.5, 0.6) is 0 Å². The molecule has 10 heteroatoms. The van der Waals surface area contributed by atoms with Crippen molar-refractivity contribution < 1.29 is 0 Å². The van der Waals surface area contributed by atoms with E-state index in [1.165, 1.54) is 0 Å². The molecule has 0 saturated heterocycles. The molecule has 1 spiro atoms. The molecule has 2 heterocycles. The summed E-state index contributed by atoms with van der Waals surface area (Å²) in [5.74, 6) is 0. The minimum absolute atomic E-state index is 0.136. The zero-order valence-electron chi connectivity index (χ0n) is 11.1. The zero-order valence-corrected chi connectivity index (χ0v) is 12.7. The molecule has 0 bridgehead atoms. The van der Waals surface area contributed by atoms with Crippen LogP contribution in [0.15, 0.2) is 5.57 Å². The Hall–Kier alpha value is -3.18. The van der Waals surface area contributed by atoms with Gasteiger partial charge in [-0.3, -0.25) is 0 Å². The minimum atomic E-state index is -1.27. The fourth-order valence-electron chi connectivity index (χ4n) is 3.08. The van der Waals surface area contributed by atoms with Gasteiger partial charge in [0.25, 0.3) is 0 Å². The molecule has 0 aromatic carbocycles. The standard InChI is InChI=1S/C13H2N8S2/c14-1-6(2-15)7-8-10(20-22-18-8)13(3-12(13,4-16)5-17)11-9(7)19-23-21-11/h3H2. The van der Waals surface area contributed by atoms with Crippen LogP contribution in [0, 0.1) is 50.7 Å². The SMILES string of the molecule is N#CC(C#N)=C1c2nsnc2C2(CC2(C#N)C#N)c2nsnc21. The summed E-state index contributed by atoms with van der Waals surface area (Å²) in [6.07, 6.45) is 0.256. The van der Waals surface area contributed by atoms with Crippen LogP contribution in [-0.4, -0.2) is 17.5 Å². The van der Waals surface area contributed by atoms with Crippen LogP contribution >= 0.6 is 23.5 Å². The third-order valence-electron chi connectivity index (χ3n) is 4.25. The van der Waals surface area contributed by atoms with Gasteiger partial charge in [0.2, 0.25) is 0 Å². The highest BCUT2D eigenvalue weighted by Crippen LogP contribution is 2.70. The van der Waals surface area contributed by atoms with Gasteiger partial charge in [-0.25, -0.2) is 0 Å². The van der Waals surface area contributed by atoms with E-state index in [4.69, 9.17) is 0 Å². The monoisotopic (exact) mass is 334 g/mol. The normalized spacial score (nSPS) is 22.0. The molecule has 2 aliphatic carbocycles. The Labute approximate surface area is 137 Å². The van der Waals surface area contributed by atoms with Crippen molar-refractivity contribution >= 4 is 29.0 Å². The lowest BCUT2D eigenvalue weighted by Crippen LogP contribution is -2.26. The molecule has 1 saturated carbocycles. The predicted octanol–water partition coefficient (Wildman–Crippen LogP) is 1.28. The summed E-state index contributed by atoms with van der Waals surface area (Å²) in [6, 6.07) is 7.81. The van der Waals surface area contributed by atoms with Crippen LogP contribution < -0.4 is 0 Å².